The van der Waals surface area contributed by atoms with E-state index in [1.54, 1.807) is 24.3 Å². The van der Waals surface area contributed by atoms with E-state index in [2.05, 4.69) is 10.6 Å². The monoisotopic (exact) mass is 327 g/mol. The molecule has 2 amide bonds. The Labute approximate surface area is 140 Å². The number of hydrogen-bond acceptors (Lipinski definition) is 4. The van der Waals surface area contributed by atoms with Gasteiger partial charge in [0.25, 0.3) is 11.8 Å². The Morgan fingerprint density at radius 1 is 1.33 bits per heavy atom. The number of hydrogen-bond donors (Lipinski definition) is 2. The van der Waals surface area contributed by atoms with Gasteiger partial charge in [-0.3, -0.25) is 9.59 Å². The smallest absolute Gasteiger partial charge is 0.291 e. The molecule has 1 atom stereocenters. The molecule has 1 saturated heterocycles. The summed E-state index contributed by atoms with van der Waals surface area (Å²) in [6, 6.07) is 8.78. The number of anilines is 1. The van der Waals surface area contributed by atoms with Crippen LogP contribution in [0.5, 0.6) is 0 Å². The average Bonchev–Trinajstić information content (AvgIpc) is 3.11. The molecule has 1 aliphatic heterocycles. The molecule has 2 aromatic rings. The van der Waals surface area contributed by atoms with Gasteiger partial charge in [0, 0.05) is 36.9 Å². The Hall–Kier alpha value is -2.60. The molecule has 1 aromatic carbocycles. The summed E-state index contributed by atoms with van der Waals surface area (Å²) in [5.74, 6) is -0.109. The zero-order valence-corrected chi connectivity index (χ0v) is 13.8. The van der Waals surface area contributed by atoms with Crippen molar-refractivity contribution < 1.29 is 14.0 Å². The number of furan rings is 1. The lowest BCUT2D eigenvalue weighted by Crippen LogP contribution is -2.52. The largest absolute Gasteiger partial charge is 0.459 e. The molecule has 6 nitrogen and oxygen atoms in total. The van der Waals surface area contributed by atoms with Gasteiger partial charge in [-0.05, 0) is 43.7 Å². The van der Waals surface area contributed by atoms with E-state index in [0.717, 1.165) is 18.7 Å². The summed E-state index contributed by atoms with van der Waals surface area (Å²) in [7, 11) is 0. The van der Waals surface area contributed by atoms with Crippen LogP contribution >= 0.6 is 0 Å². The zero-order chi connectivity index (χ0) is 17.1. The standard InChI is InChI=1S/C18H21N3O3/c1-12-5-6-14(18(23)21-8-7-19-11-13(21)2)10-15(12)20-17(22)16-4-3-9-24-16/h3-6,9-10,13,19H,7-8,11H2,1-2H3,(H,20,22). The van der Waals surface area contributed by atoms with Gasteiger partial charge in [-0.2, -0.15) is 0 Å². The summed E-state index contributed by atoms with van der Waals surface area (Å²) >= 11 is 0. The third-order valence-corrected chi connectivity index (χ3v) is 4.24. The van der Waals surface area contributed by atoms with Crippen LogP contribution in [0.1, 0.15) is 33.4 Å². The Morgan fingerprint density at radius 2 is 2.17 bits per heavy atom. The highest BCUT2D eigenvalue weighted by atomic mass is 16.3. The molecule has 126 valence electrons. The molecule has 0 radical (unpaired) electrons. The SMILES string of the molecule is Cc1ccc(C(=O)N2CCNCC2C)cc1NC(=O)c1ccco1. The fraction of sp³-hybridized carbons (Fsp3) is 0.333. The fourth-order valence-electron chi connectivity index (χ4n) is 2.79. The quantitative estimate of drug-likeness (QED) is 0.907. The van der Waals surface area contributed by atoms with E-state index in [4.69, 9.17) is 4.42 Å². The lowest BCUT2D eigenvalue weighted by molar-refractivity contribution is 0.0655. The van der Waals surface area contributed by atoms with Gasteiger partial charge in [0.15, 0.2) is 5.76 Å². The molecular formula is C18H21N3O3. The number of rotatable bonds is 3. The minimum atomic E-state index is -0.330. The lowest BCUT2D eigenvalue weighted by Gasteiger charge is -2.34. The normalized spacial score (nSPS) is 17.6. The van der Waals surface area contributed by atoms with Crippen molar-refractivity contribution >= 4 is 17.5 Å². The van der Waals surface area contributed by atoms with Crippen molar-refractivity contribution in [3.8, 4) is 0 Å². The molecule has 2 heterocycles. The molecule has 6 heteroatoms. The Balaban J connectivity index is 1.80. The van der Waals surface area contributed by atoms with Gasteiger partial charge in [-0.1, -0.05) is 6.07 Å². The van der Waals surface area contributed by atoms with Gasteiger partial charge in [0.1, 0.15) is 0 Å². The summed E-state index contributed by atoms with van der Waals surface area (Å²) in [4.78, 5) is 26.8. The van der Waals surface area contributed by atoms with Crippen molar-refractivity contribution in [2.75, 3.05) is 25.0 Å². The highest BCUT2D eigenvalue weighted by molar-refractivity contribution is 6.04. The van der Waals surface area contributed by atoms with E-state index < -0.39 is 0 Å². The molecule has 24 heavy (non-hydrogen) atoms. The van der Waals surface area contributed by atoms with E-state index in [9.17, 15) is 9.59 Å². The van der Waals surface area contributed by atoms with Crippen LogP contribution in [0.15, 0.2) is 41.0 Å². The van der Waals surface area contributed by atoms with Crippen LogP contribution in [0.4, 0.5) is 5.69 Å². The maximum atomic E-state index is 12.8. The van der Waals surface area contributed by atoms with Crippen molar-refractivity contribution in [3.63, 3.8) is 0 Å². The van der Waals surface area contributed by atoms with Crippen LogP contribution in [-0.2, 0) is 0 Å². The highest BCUT2D eigenvalue weighted by Gasteiger charge is 2.24. The van der Waals surface area contributed by atoms with Gasteiger partial charge in [0.05, 0.1) is 6.26 Å². The molecule has 2 N–H and O–H groups in total. The average molecular weight is 327 g/mol. The first kappa shape index (κ1) is 16.3. The number of carbonyl (C=O) groups excluding carboxylic acids is 2. The summed E-state index contributed by atoms with van der Waals surface area (Å²) in [6.45, 7) is 6.18. The first-order valence-corrected chi connectivity index (χ1v) is 8.03. The van der Waals surface area contributed by atoms with E-state index in [1.165, 1.54) is 6.26 Å². The summed E-state index contributed by atoms with van der Waals surface area (Å²) in [5.41, 5.74) is 2.08. The van der Waals surface area contributed by atoms with Gasteiger partial charge >= 0.3 is 0 Å². The van der Waals surface area contributed by atoms with Crippen molar-refractivity contribution in [2.24, 2.45) is 0 Å². The molecule has 1 aliphatic rings. The maximum absolute atomic E-state index is 12.8. The number of piperazine rings is 1. The molecule has 1 unspecified atom stereocenters. The van der Waals surface area contributed by atoms with Crippen molar-refractivity contribution in [1.29, 1.82) is 0 Å². The molecule has 0 spiro atoms. The van der Waals surface area contributed by atoms with Crippen LogP contribution in [-0.4, -0.2) is 42.4 Å². The molecular weight excluding hydrogens is 306 g/mol. The Kier molecular flexibility index (Phi) is 4.66. The summed E-state index contributed by atoms with van der Waals surface area (Å²) < 4.78 is 5.10. The minimum Gasteiger partial charge on any atom is -0.459 e. The van der Waals surface area contributed by atoms with Crippen LogP contribution < -0.4 is 10.6 Å². The number of nitrogens with one attached hydrogen (secondary N) is 2. The third kappa shape index (κ3) is 3.33. The van der Waals surface area contributed by atoms with E-state index >= 15 is 0 Å². The van der Waals surface area contributed by atoms with Crippen LogP contribution in [0.3, 0.4) is 0 Å². The molecule has 0 bridgehead atoms. The van der Waals surface area contributed by atoms with E-state index in [0.29, 0.717) is 17.8 Å². The van der Waals surface area contributed by atoms with Gasteiger partial charge in [-0.15, -0.1) is 0 Å². The molecule has 0 aliphatic carbocycles. The highest BCUT2D eigenvalue weighted by Crippen LogP contribution is 2.20. The van der Waals surface area contributed by atoms with Crippen molar-refractivity contribution in [3.05, 3.63) is 53.5 Å². The fourth-order valence-corrected chi connectivity index (χ4v) is 2.79. The Bertz CT molecular complexity index is 740. The van der Waals surface area contributed by atoms with Gasteiger partial charge in [0.2, 0.25) is 0 Å². The predicted molar refractivity (Wildman–Crippen MR) is 91.2 cm³/mol. The number of amides is 2. The van der Waals surface area contributed by atoms with Crippen molar-refractivity contribution in [2.45, 2.75) is 19.9 Å². The summed E-state index contributed by atoms with van der Waals surface area (Å²) in [6.07, 6.45) is 1.45. The van der Waals surface area contributed by atoms with Crippen LogP contribution in [0.2, 0.25) is 0 Å². The van der Waals surface area contributed by atoms with E-state index in [1.807, 2.05) is 24.8 Å². The minimum absolute atomic E-state index is 0.0162. The second-order valence-corrected chi connectivity index (χ2v) is 6.01. The third-order valence-electron chi connectivity index (χ3n) is 4.24. The summed E-state index contributed by atoms with van der Waals surface area (Å²) in [5, 5.41) is 6.08. The second kappa shape index (κ2) is 6.88. The molecule has 1 fully saturated rings. The topological polar surface area (TPSA) is 74.6 Å². The number of benzene rings is 1. The van der Waals surface area contributed by atoms with Gasteiger partial charge in [-0.25, -0.2) is 0 Å². The Morgan fingerprint density at radius 3 is 2.88 bits per heavy atom. The number of nitrogens with zero attached hydrogens (tertiary/aromatic N) is 1. The molecule has 0 saturated carbocycles. The number of aryl methyl sites for hydroxylation is 1. The molecule has 1 aromatic heterocycles. The first-order valence-electron chi connectivity index (χ1n) is 8.03. The van der Waals surface area contributed by atoms with Crippen LogP contribution in [0.25, 0.3) is 0 Å². The lowest BCUT2D eigenvalue weighted by atomic mass is 10.1. The zero-order valence-electron chi connectivity index (χ0n) is 13.8. The van der Waals surface area contributed by atoms with Gasteiger partial charge < -0.3 is 20.0 Å². The first-order chi connectivity index (χ1) is 11.6. The second-order valence-electron chi connectivity index (χ2n) is 6.01. The van der Waals surface area contributed by atoms with Crippen LogP contribution in [0, 0.1) is 6.92 Å². The number of carbonyl (C=O) groups is 2. The predicted octanol–water partition coefficient (Wildman–Crippen LogP) is 2.27. The molecule has 3 rings (SSSR count). The van der Waals surface area contributed by atoms with E-state index in [-0.39, 0.29) is 23.6 Å². The maximum Gasteiger partial charge on any atom is 0.291 e. The van der Waals surface area contributed by atoms with Crippen molar-refractivity contribution in [1.82, 2.24) is 10.2 Å².